The predicted molar refractivity (Wildman–Crippen MR) is 99.3 cm³/mol. The van der Waals surface area contributed by atoms with Crippen molar-refractivity contribution in [3.8, 4) is 17.4 Å². The first kappa shape index (κ1) is 16.8. The van der Waals surface area contributed by atoms with E-state index in [2.05, 4.69) is 9.88 Å². The van der Waals surface area contributed by atoms with E-state index in [9.17, 15) is 0 Å². The molecule has 0 spiro atoms. The number of hydrogen-bond acceptors (Lipinski definition) is 6. The van der Waals surface area contributed by atoms with E-state index in [-0.39, 0.29) is 0 Å². The van der Waals surface area contributed by atoms with Crippen molar-refractivity contribution in [2.75, 3.05) is 39.5 Å². The fourth-order valence-corrected chi connectivity index (χ4v) is 3.21. The standard InChI is InChI=1S/C20H23N3O3/c1-2-8-18-17(7-1)25-15-14-24-13-10-21-19(23-11-3-4-12-23)16-6-5-9-22-20(16)26-18/h1-2,5-9H,3-4,10-15H2. The van der Waals surface area contributed by atoms with Gasteiger partial charge < -0.3 is 19.1 Å². The molecule has 4 rings (SSSR count). The molecule has 0 amide bonds. The van der Waals surface area contributed by atoms with Crippen LogP contribution in [0.2, 0.25) is 0 Å². The number of para-hydroxylation sites is 2. The van der Waals surface area contributed by atoms with Crippen molar-refractivity contribution in [1.82, 2.24) is 9.88 Å². The van der Waals surface area contributed by atoms with Crippen molar-refractivity contribution in [3.63, 3.8) is 0 Å². The van der Waals surface area contributed by atoms with Crippen LogP contribution >= 0.6 is 0 Å². The van der Waals surface area contributed by atoms with Crippen LogP contribution < -0.4 is 9.47 Å². The number of amidine groups is 1. The number of rotatable bonds is 0. The second kappa shape index (κ2) is 8.19. The van der Waals surface area contributed by atoms with E-state index in [1.165, 1.54) is 12.8 Å². The van der Waals surface area contributed by atoms with Gasteiger partial charge in [0.2, 0.25) is 5.88 Å². The maximum atomic E-state index is 6.16. The van der Waals surface area contributed by atoms with Crippen molar-refractivity contribution in [3.05, 3.63) is 48.2 Å². The molecular formula is C20H23N3O3. The molecule has 1 fully saturated rings. The topological polar surface area (TPSA) is 56.2 Å². The highest BCUT2D eigenvalue weighted by molar-refractivity contribution is 6.01. The summed E-state index contributed by atoms with van der Waals surface area (Å²) in [4.78, 5) is 11.6. The van der Waals surface area contributed by atoms with E-state index in [4.69, 9.17) is 19.2 Å². The largest absolute Gasteiger partial charge is 0.487 e. The summed E-state index contributed by atoms with van der Waals surface area (Å²) in [5.74, 6) is 2.82. The molecule has 1 aromatic carbocycles. The van der Waals surface area contributed by atoms with Gasteiger partial charge in [-0.25, -0.2) is 4.98 Å². The zero-order valence-electron chi connectivity index (χ0n) is 14.8. The number of nitrogens with zero attached hydrogens (tertiary/aromatic N) is 3. The summed E-state index contributed by atoms with van der Waals surface area (Å²) < 4.78 is 17.6. The minimum absolute atomic E-state index is 0.470. The van der Waals surface area contributed by atoms with Gasteiger partial charge in [0, 0.05) is 19.3 Å². The van der Waals surface area contributed by atoms with Gasteiger partial charge in [0.1, 0.15) is 12.4 Å². The third-order valence-electron chi connectivity index (χ3n) is 4.46. The van der Waals surface area contributed by atoms with Crippen LogP contribution in [0.15, 0.2) is 47.6 Å². The van der Waals surface area contributed by atoms with E-state index in [0.29, 0.717) is 43.7 Å². The SMILES string of the molecule is c1ccc2c(c1)OCCOCCN=C(N1CCCC1)c1cccnc1O2. The van der Waals surface area contributed by atoms with E-state index in [1.807, 2.05) is 36.4 Å². The highest BCUT2D eigenvalue weighted by Crippen LogP contribution is 2.32. The van der Waals surface area contributed by atoms with E-state index < -0.39 is 0 Å². The molecule has 136 valence electrons. The lowest BCUT2D eigenvalue weighted by molar-refractivity contribution is 0.105. The van der Waals surface area contributed by atoms with E-state index >= 15 is 0 Å². The smallest absolute Gasteiger partial charge is 0.230 e. The number of fused-ring (bicyclic) bond motifs is 2. The lowest BCUT2D eigenvalue weighted by atomic mass is 10.2. The third kappa shape index (κ3) is 3.80. The molecule has 1 saturated heterocycles. The average molecular weight is 353 g/mol. The Morgan fingerprint density at radius 2 is 1.73 bits per heavy atom. The van der Waals surface area contributed by atoms with Crippen LogP contribution in [0.1, 0.15) is 18.4 Å². The summed E-state index contributed by atoms with van der Waals surface area (Å²) in [6.45, 7) is 4.18. The van der Waals surface area contributed by atoms with Crippen LogP contribution in [0.25, 0.3) is 0 Å². The molecule has 0 saturated carbocycles. The van der Waals surface area contributed by atoms with Gasteiger partial charge in [-0.05, 0) is 37.1 Å². The molecule has 0 radical (unpaired) electrons. The molecule has 26 heavy (non-hydrogen) atoms. The number of hydrogen-bond donors (Lipinski definition) is 0. The Bertz CT molecular complexity index is 772. The molecule has 0 unspecified atom stereocenters. The molecule has 0 aliphatic carbocycles. The zero-order valence-corrected chi connectivity index (χ0v) is 14.8. The highest BCUT2D eigenvalue weighted by atomic mass is 16.5. The minimum Gasteiger partial charge on any atom is -0.487 e. The van der Waals surface area contributed by atoms with Crippen molar-refractivity contribution >= 4 is 5.84 Å². The second-order valence-electron chi connectivity index (χ2n) is 6.27. The Morgan fingerprint density at radius 1 is 0.885 bits per heavy atom. The first-order valence-electron chi connectivity index (χ1n) is 9.14. The molecule has 0 atom stereocenters. The maximum absolute atomic E-state index is 6.16. The van der Waals surface area contributed by atoms with Crippen molar-refractivity contribution in [1.29, 1.82) is 0 Å². The summed E-state index contributed by atoms with van der Waals surface area (Å²) in [6, 6.07) is 11.6. The quantitative estimate of drug-likeness (QED) is 0.728. The van der Waals surface area contributed by atoms with Crippen LogP contribution in [-0.4, -0.2) is 55.2 Å². The van der Waals surface area contributed by atoms with Crippen molar-refractivity contribution in [2.24, 2.45) is 4.99 Å². The van der Waals surface area contributed by atoms with Gasteiger partial charge in [0.15, 0.2) is 11.5 Å². The number of aliphatic imine (C=N–C) groups is 1. The molecule has 2 aliphatic heterocycles. The number of aromatic nitrogens is 1. The lowest BCUT2D eigenvalue weighted by Gasteiger charge is -2.22. The van der Waals surface area contributed by atoms with Crippen LogP contribution in [0.4, 0.5) is 0 Å². The number of ether oxygens (including phenoxy) is 3. The Morgan fingerprint density at radius 3 is 2.62 bits per heavy atom. The molecular weight excluding hydrogens is 330 g/mol. The Hall–Kier alpha value is -2.60. The normalized spacial score (nSPS) is 18.2. The molecule has 0 N–H and O–H groups in total. The Kier molecular flexibility index (Phi) is 5.30. The summed E-state index contributed by atoms with van der Waals surface area (Å²) in [7, 11) is 0. The highest BCUT2D eigenvalue weighted by Gasteiger charge is 2.22. The van der Waals surface area contributed by atoms with Crippen LogP contribution in [0, 0.1) is 0 Å². The van der Waals surface area contributed by atoms with Gasteiger partial charge in [0.05, 0.1) is 25.3 Å². The molecule has 2 aliphatic rings. The van der Waals surface area contributed by atoms with Gasteiger partial charge >= 0.3 is 0 Å². The third-order valence-corrected chi connectivity index (χ3v) is 4.46. The Labute approximate surface area is 153 Å². The first-order chi connectivity index (χ1) is 12.9. The molecule has 3 heterocycles. The average Bonchev–Trinajstić information content (AvgIpc) is 3.20. The molecule has 1 aromatic heterocycles. The van der Waals surface area contributed by atoms with Gasteiger partial charge in [-0.15, -0.1) is 0 Å². The summed E-state index contributed by atoms with van der Waals surface area (Å²) in [6.07, 6.45) is 4.11. The Balaban J connectivity index is 1.74. The van der Waals surface area contributed by atoms with E-state index in [1.54, 1.807) is 6.20 Å². The van der Waals surface area contributed by atoms with Gasteiger partial charge in [-0.3, -0.25) is 4.99 Å². The maximum Gasteiger partial charge on any atom is 0.230 e. The fraction of sp³-hybridized carbons (Fsp3) is 0.400. The van der Waals surface area contributed by atoms with Crippen LogP contribution in [0.3, 0.4) is 0 Å². The summed E-state index contributed by atoms with van der Waals surface area (Å²) in [5, 5.41) is 0. The molecule has 6 heteroatoms. The molecule has 6 nitrogen and oxygen atoms in total. The monoisotopic (exact) mass is 353 g/mol. The van der Waals surface area contributed by atoms with Crippen LogP contribution in [-0.2, 0) is 4.74 Å². The van der Waals surface area contributed by atoms with Crippen LogP contribution in [0.5, 0.6) is 17.4 Å². The number of benzene rings is 1. The lowest BCUT2D eigenvalue weighted by Crippen LogP contribution is -2.29. The van der Waals surface area contributed by atoms with E-state index in [0.717, 1.165) is 24.5 Å². The zero-order chi connectivity index (χ0) is 17.6. The second-order valence-corrected chi connectivity index (χ2v) is 6.27. The summed E-state index contributed by atoms with van der Waals surface area (Å²) in [5.41, 5.74) is 0.906. The summed E-state index contributed by atoms with van der Waals surface area (Å²) >= 11 is 0. The van der Waals surface area contributed by atoms with Crippen molar-refractivity contribution in [2.45, 2.75) is 12.8 Å². The molecule has 0 bridgehead atoms. The molecule has 2 aromatic rings. The van der Waals surface area contributed by atoms with Gasteiger partial charge in [0.25, 0.3) is 0 Å². The van der Waals surface area contributed by atoms with Gasteiger partial charge in [-0.2, -0.15) is 0 Å². The fourth-order valence-electron chi connectivity index (χ4n) is 3.21. The number of pyridine rings is 1. The number of likely N-dealkylation sites (tertiary alicyclic amines) is 1. The van der Waals surface area contributed by atoms with Crippen molar-refractivity contribution < 1.29 is 14.2 Å². The van der Waals surface area contributed by atoms with Gasteiger partial charge in [-0.1, -0.05) is 12.1 Å². The first-order valence-corrected chi connectivity index (χ1v) is 9.14. The predicted octanol–water partition coefficient (Wildman–Crippen LogP) is 3.13. The minimum atomic E-state index is 0.470.